The van der Waals surface area contributed by atoms with Gasteiger partial charge in [-0.05, 0) is 62.2 Å². The van der Waals surface area contributed by atoms with Crippen LogP contribution in [-0.4, -0.2) is 56.8 Å². The van der Waals surface area contributed by atoms with Gasteiger partial charge in [0, 0.05) is 30.3 Å². The van der Waals surface area contributed by atoms with Gasteiger partial charge in [0.2, 0.25) is 10.0 Å². The molecule has 5 rings (SSSR count). The van der Waals surface area contributed by atoms with E-state index in [9.17, 15) is 17.2 Å². The number of halogens is 2. The average Bonchev–Trinajstić information content (AvgIpc) is 3.28. The summed E-state index contributed by atoms with van der Waals surface area (Å²) < 4.78 is 55.0. The highest BCUT2D eigenvalue weighted by atomic mass is 32.2. The Labute approximate surface area is 207 Å². The first-order valence-electron chi connectivity index (χ1n) is 11.5. The van der Waals surface area contributed by atoms with Gasteiger partial charge in [-0.2, -0.15) is 5.10 Å². The van der Waals surface area contributed by atoms with Gasteiger partial charge >= 0.3 is 0 Å². The van der Waals surface area contributed by atoms with E-state index in [1.54, 1.807) is 10.9 Å². The highest BCUT2D eigenvalue weighted by Crippen LogP contribution is 2.34. The van der Waals surface area contributed by atoms with Crippen molar-refractivity contribution in [1.29, 1.82) is 0 Å². The minimum atomic E-state index is -3.42. The van der Waals surface area contributed by atoms with Crippen molar-refractivity contribution < 1.29 is 17.2 Å². The Balaban J connectivity index is 1.48. The molecule has 1 fully saturated rings. The monoisotopic (exact) mass is 513 g/mol. The van der Waals surface area contributed by atoms with Crippen LogP contribution >= 0.6 is 0 Å². The van der Waals surface area contributed by atoms with E-state index in [0.29, 0.717) is 36.5 Å². The van der Waals surface area contributed by atoms with E-state index in [1.165, 1.54) is 16.4 Å². The lowest BCUT2D eigenvalue weighted by Crippen LogP contribution is -2.38. The van der Waals surface area contributed by atoms with E-state index in [1.807, 2.05) is 37.3 Å². The van der Waals surface area contributed by atoms with Gasteiger partial charge in [0.1, 0.15) is 12.1 Å². The van der Waals surface area contributed by atoms with Crippen molar-refractivity contribution >= 4 is 32.6 Å². The van der Waals surface area contributed by atoms with Crippen LogP contribution in [0.2, 0.25) is 0 Å². The second-order valence-electron chi connectivity index (χ2n) is 8.91. The number of aromatic nitrogens is 5. The third-order valence-electron chi connectivity index (χ3n) is 6.28. The van der Waals surface area contributed by atoms with E-state index >= 15 is 0 Å². The van der Waals surface area contributed by atoms with Gasteiger partial charge in [0.05, 0.1) is 28.7 Å². The van der Waals surface area contributed by atoms with Crippen LogP contribution in [0.25, 0.3) is 16.9 Å². The number of benzene rings is 1. The molecule has 4 aromatic rings. The second-order valence-corrected chi connectivity index (χ2v) is 10.9. The number of sulfonamides is 1. The molecule has 4 heterocycles. The third-order valence-corrected chi connectivity index (χ3v) is 7.55. The largest absolute Gasteiger partial charge is 0.339 e. The molecule has 0 amide bonds. The minimum absolute atomic E-state index is 0.136. The summed E-state index contributed by atoms with van der Waals surface area (Å²) in [5.41, 5.74) is 3.08. The lowest BCUT2D eigenvalue weighted by molar-refractivity contribution is 0.148. The van der Waals surface area contributed by atoms with E-state index in [-0.39, 0.29) is 17.8 Å². The average molecular weight is 514 g/mol. The molecule has 1 aliphatic heterocycles. The molecule has 9 nitrogen and oxygen atoms in total. The fourth-order valence-electron chi connectivity index (χ4n) is 4.47. The lowest BCUT2D eigenvalue weighted by Gasteiger charge is -2.31. The number of aryl methyl sites for hydroxylation is 1. The molecular formula is C24H25F2N7O2S. The summed E-state index contributed by atoms with van der Waals surface area (Å²) in [5, 5.41) is 11.3. The number of nitrogens with one attached hydrogen (secondary N) is 1. The van der Waals surface area contributed by atoms with E-state index < -0.39 is 22.4 Å². The van der Waals surface area contributed by atoms with E-state index in [4.69, 9.17) is 0 Å². The van der Waals surface area contributed by atoms with Gasteiger partial charge in [-0.1, -0.05) is 0 Å². The molecule has 0 radical (unpaired) electrons. The van der Waals surface area contributed by atoms with Crippen LogP contribution in [0.1, 0.15) is 42.1 Å². The molecule has 1 atom stereocenters. The van der Waals surface area contributed by atoms with Crippen LogP contribution in [0.5, 0.6) is 0 Å². The molecule has 1 saturated heterocycles. The number of fused-ring (bicyclic) bond motifs is 1. The number of imidazole rings is 1. The summed E-state index contributed by atoms with van der Waals surface area (Å²) in [6.45, 7) is 2.38. The first-order valence-corrected chi connectivity index (χ1v) is 13.3. The predicted molar refractivity (Wildman–Crippen MR) is 132 cm³/mol. The van der Waals surface area contributed by atoms with Crippen LogP contribution in [0.4, 0.5) is 20.3 Å². The Kier molecular flexibility index (Phi) is 6.39. The third kappa shape index (κ3) is 4.91. The van der Waals surface area contributed by atoms with Crippen LogP contribution in [0, 0.1) is 6.92 Å². The lowest BCUT2D eigenvalue weighted by atomic mass is 9.92. The van der Waals surface area contributed by atoms with Crippen molar-refractivity contribution in [1.82, 2.24) is 29.0 Å². The highest BCUT2D eigenvalue weighted by molar-refractivity contribution is 7.88. The summed E-state index contributed by atoms with van der Waals surface area (Å²) >= 11 is 0. The molecule has 1 unspecified atom stereocenters. The Morgan fingerprint density at radius 2 is 1.94 bits per heavy atom. The molecule has 3 aromatic heterocycles. The molecule has 36 heavy (non-hydrogen) atoms. The van der Waals surface area contributed by atoms with Crippen LogP contribution < -0.4 is 5.32 Å². The molecule has 0 aliphatic carbocycles. The summed E-state index contributed by atoms with van der Waals surface area (Å²) in [6.07, 6.45) is 1.19. The van der Waals surface area contributed by atoms with Gasteiger partial charge in [0.15, 0.2) is 5.82 Å². The summed E-state index contributed by atoms with van der Waals surface area (Å²) in [6, 6.07) is 12.2. The maximum atomic E-state index is 13.9. The Hall–Kier alpha value is -3.51. The molecular weight excluding hydrogens is 488 g/mol. The predicted octanol–water partition coefficient (Wildman–Crippen LogP) is 4.34. The molecule has 188 valence electrons. The topological polar surface area (TPSA) is 106 Å². The number of alkyl halides is 2. The number of anilines is 2. The minimum Gasteiger partial charge on any atom is -0.339 e. The number of hydrogen-bond acceptors (Lipinski definition) is 7. The highest BCUT2D eigenvalue weighted by Gasteiger charge is 2.31. The van der Waals surface area contributed by atoms with Crippen molar-refractivity contribution in [3.05, 3.63) is 65.7 Å². The Morgan fingerprint density at radius 3 is 2.67 bits per heavy atom. The summed E-state index contributed by atoms with van der Waals surface area (Å²) in [4.78, 5) is 9.08. The first-order chi connectivity index (χ1) is 17.2. The van der Waals surface area contributed by atoms with Gasteiger partial charge in [-0.3, -0.25) is 4.57 Å². The van der Waals surface area contributed by atoms with Crippen LogP contribution in [-0.2, 0) is 10.0 Å². The van der Waals surface area contributed by atoms with Crippen molar-refractivity contribution in [3.63, 3.8) is 0 Å². The normalized spacial score (nSPS) is 17.1. The SMILES string of the molecule is Cc1ccc(Nc2ccc3c(c2)ncn3-c2ccc(C(F)F)c(C3CCCN(S(C)(=O)=O)C3)n2)nn1. The quantitative estimate of drug-likeness (QED) is 0.409. The Morgan fingerprint density at radius 1 is 1.11 bits per heavy atom. The summed E-state index contributed by atoms with van der Waals surface area (Å²) in [7, 11) is -3.42. The first kappa shape index (κ1) is 24.2. The second kappa shape index (κ2) is 9.51. The van der Waals surface area contributed by atoms with Crippen LogP contribution in [0.3, 0.4) is 0 Å². The number of hydrogen-bond donors (Lipinski definition) is 1. The van der Waals surface area contributed by atoms with Crippen molar-refractivity contribution in [3.8, 4) is 5.82 Å². The Bertz CT molecular complexity index is 1510. The zero-order valence-corrected chi connectivity index (χ0v) is 20.6. The molecule has 1 aromatic carbocycles. The zero-order chi connectivity index (χ0) is 25.4. The van der Waals surface area contributed by atoms with E-state index in [2.05, 4.69) is 25.5 Å². The van der Waals surface area contributed by atoms with Crippen molar-refractivity contribution in [2.24, 2.45) is 0 Å². The fourth-order valence-corrected chi connectivity index (χ4v) is 5.39. The van der Waals surface area contributed by atoms with E-state index in [0.717, 1.165) is 23.2 Å². The maximum Gasteiger partial charge on any atom is 0.265 e. The summed E-state index contributed by atoms with van der Waals surface area (Å²) in [5.74, 6) is 0.626. The molecule has 0 saturated carbocycles. The molecule has 1 N–H and O–H groups in total. The zero-order valence-electron chi connectivity index (χ0n) is 19.8. The smallest absolute Gasteiger partial charge is 0.265 e. The number of piperidine rings is 1. The number of pyridine rings is 1. The number of nitrogens with zero attached hydrogens (tertiary/aromatic N) is 6. The van der Waals surface area contributed by atoms with Gasteiger partial charge < -0.3 is 5.32 Å². The molecule has 12 heteroatoms. The van der Waals surface area contributed by atoms with Crippen LogP contribution in [0.15, 0.2) is 48.8 Å². The van der Waals surface area contributed by atoms with Gasteiger partial charge in [-0.15, -0.1) is 5.10 Å². The van der Waals surface area contributed by atoms with Gasteiger partial charge in [-0.25, -0.2) is 31.5 Å². The molecule has 0 bridgehead atoms. The number of rotatable bonds is 6. The molecule has 1 aliphatic rings. The van der Waals surface area contributed by atoms with Crippen molar-refractivity contribution in [2.75, 3.05) is 24.7 Å². The van der Waals surface area contributed by atoms with Gasteiger partial charge in [0.25, 0.3) is 6.43 Å². The van der Waals surface area contributed by atoms with Crippen molar-refractivity contribution in [2.45, 2.75) is 32.1 Å². The fraction of sp³-hybridized carbons (Fsp3) is 0.333. The maximum absolute atomic E-state index is 13.9. The molecule has 0 spiro atoms. The standard InChI is InChI=1S/C24H25F2N7O2S/c1-15-5-9-21(31-30-15)28-17-6-8-20-19(12-17)27-14-33(20)22-10-7-18(24(25)26)23(29-22)16-4-3-11-32(13-16)36(2,34)35/h5-10,12,14,16,24H,3-4,11,13H2,1-2H3,(H,28,31).